The zero-order valence-corrected chi connectivity index (χ0v) is 10.6. The van der Waals surface area contributed by atoms with Crippen molar-refractivity contribution in [3.63, 3.8) is 0 Å². The van der Waals surface area contributed by atoms with Gasteiger partial charge in [-0.05, 0) is 20.8 Å². The zero-order chi connectivity index (χ0) is 11.5. The lowest BCUT2D eigenvalue weighted by Crippen LogP contribution is -1.98. The van der Waals surface area contributed by atoms with Gasteiger partial charge in [-0.1, -0.05) is 0 Å². The average Bonchev–Trinajstić information content (AvgIpc) is 2.82. The fraction of sp³-hybridized carbons (Fsp3) is 0.455. The standard InChI is InChI=1S/C11H16N4S/c1-4-15-7-10(5-13-15)12-6-11-8(2)14-9(3)16-11/h5,7,12H,4,6H2,1-3H3. The Morgan fingerprint density at radius 3 is 2.81 bits per heavy atom. The van der Waals surface area contributed by atoms with E-state index in [1.54, 1.807) is 11.3 Å². The summed E-state index contributed by atoms with van der Waals surface area (Å²) in [6.07, 6.45) is 3.87. The van der Waals surface area contributed by atoms with Crippen LogP contribution in [0.2, 0.25) is 0 Å². The second-order valence-corrected chi connectivity index (χ2v) is 4.97. The number of hydrogen-bond donors (Lipinski definition) is 1. The van der Waals surface area contributed by atoms with E-state index in [-0.39, 0.29) is 0 Å². The van der Waals surface area contributed by atoms with Gasteiger partial charge in [-0.3, -0.25) is 4.68 Å². The van der Waals surface area contributed by atoms with Crippen LogP contribution in [0.25, 0.3) is 0 Å². The normalized spacial score (nSPS) is 10.7. The minimum atomic E-state index is 0.826. The first-order valence-corrected chi connectivity index (χ1v) is 6.20. The van der Waals surface area contributed by atoms with Crippen molar-refractivity contribution in [2.45, 2.75) is 33.9 Å². The van der Waals surface area contributed by atoms with Crippen LogP contribution in [0.1, 0.15) is 22.5 Å². The second-order valence-electron chi connectivity index (χ2n) is 3.68. The molecular formula is C11H16N4S. The highest BCUT2D eigenvalue weighted by molar-refractivity contribution is 7.11. The van der Waals surface area contributed by atoms with Crippen LogP contribution in [0.4, 0.5) is 5.69 Å². The number of rotatable bonds is 4. The van der Waals surface area contributed by atoms with Crippen molar-refractivity contribution >= 4 is 17.0 Å². The summed E-state index contributed by atoms with van der Waals surface area (Å²) in [7, 11) is 0. The third kappa shape index (κ3) is 2.41. The minimum Gasteiger partial charge on any atom is -0.378 e. The Labute approximate surface area is 99.3 Å². The van der Waals surface area contributed by atoms with Gasteiger partial charge in [0.25, 0.3) is 0 Å². The molecule has 2 heterocycles. The zero-order valence-electron chi connectivity index (χ0n) is 9.82. The Kier molecular flexibility index (Phi) is 3.24. The number of hydrogen-bond acceptors (Lipinski definition) is 4. The van der Waals surface area contributed by atoms with Crippen molar-refractivity contribution in [3.8, 4) is 0 Å². The molecule has 0 aliphatic carbocycles. The van der Waals surface area contributed by atoms with Gasteiger partial charge < -0.3 is 5.32 Å². The number of aromatic nitrogens is 3. The quantitative estimate of drug-likeness (QED) is 0.887. The van der Waals surface area contributed by atoms with Gasteiger partial charge in [0.2, 0.25) is 0 Å². The lowest BCUT2D eigenvalue weighted by atomic mass is 10.4. The van der Waals surface area contributed by atoms with Crippen molar-refractivity contribution in [2.75, 3.05) is 5.32 Å². The van der Waals surface area contributed by atoms with Crippen LogP contribution in [-0.4, -0.2) is 14.8 Å². The van der Waals surface area contributed by atoms with Gasteiger partial charge >= 0.3 is 0 Å². The van der Waals surface area contributed by atoms with Crippen molar-refractivity contribution in [3.05, 3.63) is 28.0 Å². The van der Waals surface area contributed by atoms with Crippen LogP contribution in [0.3, 0.4) is 0 Å². The van der Waals surface area contributed by atoms with Crippen LogP contribution in [-0.2, 0) is 13.1 Å². The maximum atomic E-state index is 4.40. The molecule has 86 valence electrons. The molecule has 0 atom stereocenters. The van der Waals surface area contributed by atoms with Crippen LogP contribution in [0.15, 0.2) is 12.4 Å². The SMILES string of the molecule is CCn1cc(NCc2sc(C)nc2C)cn1. The molecule has 1 N–H and O–H groups in total. The summed E-state index contributed by atoms with van der Waals surface area (Å²) < 4.78 is 1.91. The number of anilines is 1. The number of nitrogens with zero attached hydrogens (tertiary/aromatic N) is 3. The monoisotopic (exact) mass is 236 g/mol. The highest BCUT2D eigenvalue weighted by Gasteiger charge is 2.04. The Morgan fingerprint density at radius 2 is 2.25 bits per heavy atom. The molecule has 2 aromatic heterocycles. The molecule has 2 rings (SSSR count). The summed E-state index contributed by atoms with van der Waals surface area (Å²) >= 11 is 1.75. The summed E-state index contributed by atoms with van der Waals surface area (Å²) in [5.74, 6) is 0. The number of nitrogens with one attached hydrogen (secondary N) is 1. The van der Waals surface area contributed by atoms with Gasteiger partial charge in [0.05, 0.1) is 29.1 Å². The van der Waals surface area contributed by atoms with Gasteiger partial charge in [-0.25, -0.2) is 4.98 Å². The molecule has 0 saturated heterocycles. The van der Waals surface area contributed by atoms with Gasteiger partial charge in [0.1, 0.15) is 0 Å². The lowest BCUT2D eigenvalue weighted by molar-refractivity contribution is 0.660. The first-order chi connectivity index (χ1) is 7.69. The molecule has 16 heavy (non-hydrogen) atoms. The van der Waals surface area contributed by atoms with Crippen LogP contribution < -0.4 is 5.32 Å². The smallest absolute Gasteiger partial charge is 0.0900 e. The number of thiazole rings is 1. The Balaban J connectivity index is 1.99. The predicted octanol–water partition coefficient (Wildman–Crippen LogP) is 2.59. The van der Waals surface area contributed by atoms with Crippen LogP contribution in [0, 0.1) is 13.8 Å². The first kappa shape index (κ1) is 11.1. The van der Waals surface area contributed by atoms with Gasteiger partial charge in [-0.2, -0.15) is 5.10 Å². The topological polar surface area (TPSA) is 42.7 Å². The minimum absolute atomic E-state index is 0.826. The van der Waals surface area contributed by atoms with E-state index in [4.69, 9.17) is 0 Å². The van der Waals surface area contributed by atoms with E-state index >= 15 is 0 Å². The Hall–Kier alpha value is -1.36. The van der Waals surface area contributed by atoms with Crippen LogP contribution >= 0.6 is 11.3 Å². The molecule has 0 unspecified atom stereocenters. The molecule has 0 aliphatic rings. The molecule has 2 aromatic rings. The van der Waals surface area contributed by atoms with Crippen molar-refractivity contribution < 1.29 is 0 Å². The molecule has 5 heteroatoms. The molecule has 0 bridgehead atoms. The first-order valence-electron chi connectivity index (χ1n) is 5.38. The van der Waals surface area contributed by atoms with E-state index in [1.165, 1.54) is 4.88 Å². The van der Waals surface area contributed by atoms with E-state index in [9.17, 15) is 0 Å². The third-order valence-corrected chi connectivity index (χ3v) is 3.48. The highest BCUT2D eigenvalue weighted by atomic mass is 32.1. The van der Waals surface area contributed by atoms with Gasteiger partial charge in [0, 0.05) is 17.6 Å². The molecule has 0 aromatic carbocycles. The summed E-state index contributed by atoms with van der Waals surface area (Å²) in [4.78, 5) is 5.70. The molecule has 4 nitrogen and oxygen atoms in total. The van der Waals surface area contributed by atoms with Crippen molar-refractivity contribution in [1.29, 1.82) is 0 Å². The molecular weight excluding hydrogens is 220 g/mol. The predicted molar refractivity (Wildman–Crippen MR) is 66.8 cm³/mol. The summed E-state index contributed by atoms with van der Waals surface area (Å²) in [5, 5.41) is 8.70. The Bertz CT molecular complexity index is 472. The maximum absolute atomic E-state index is 4.40. The fourth-order valence-corrected chi connectivity index (χ4v) is 2.42. The lowest BCUT2D eigenvalue weighted by Gasteiger charge is -2.01. The van der Waals surface area contributed by atoms with Gasteiger partial charge in [-0.15, -0.1) is 11.3 Å². The van der Waals surface area contributed by atoms with Crippen molar-refractivity contribution in [2.24, 2.45) is 0 Å². The second kappa shape index (κ2) is 4.65. The average molecular weight is 236 g/mol. The summed E-state index contributed by atoms with van der Waals surface area (Å²) in [6, 6.07) is 0. The third-order valence-electron chi connectivity index (χ3n) is 2.41. The number of aryl methyl sites for hydroxylation is 3. The van der Waals surface area contributed by atoms with Crippen molar-refractivity contribution in [1.82, 2.24) is 14.8 Å². The van der Waals surface area contributed by atoms with E-state index in [2.05, 4.69) is 29.2 Å². The molecule has 0 spiro atoms. The van der Waals surface area contributed by atoms with E-state index in [0.717, 1.165) is 29.5 Å². The largest absolute Gasteiger partial charge is 0.378 e. The molecule has 0 radical (unpaired) electrons. The molecule has 0 saturated carbocycles. The molecule has 0 aliphatic heterocycles. The maximum Gasteiger partial charge on any atom is 0.0900 e. The van der Waals surface area contributed by atoms with E-state index in [0.29, 0.717) is 0 Å². The summed E-state index contributed by atoms with van der Waals surface area (Å²) in [6.45, 7) is 7.90. The molecule has 0 amide bonds. The summed E-state index contributed by atoms with van der Waals surface area (Å²) in [5.41, 5.74) is 2.19. The van der Waals surface area contributed by atoms with E-state index < -0.39 is 0 Å². The Morgan fingerprint density at radius 1 is 1.44 bits per heavy atom. The fourth-order valence-electron chi connectivity index (χ4n) is 1.55. The van der Waals surface area contributed by atoms with E-state index in [1.807, 2.05) is 24.0 Å². The van der Waals surface area contributed by atoms with Gasteiger partial charge in [0.15, 0.2) is 0 Å². The van der Waals surface area contributed by atoms with Crippen LogP contribution in [0.5, 0.6) is 0 Å². The highest BCUT2D eigenvalue weighted by Crippen LogP contribution is 2.18. The molecule has 0 fully saturated rings.